The average molecular weight is 190 g/mol. The van der Waals surface area contributed by atoms with Crippen LogP contribution in [0.15, 0.2) is 18.2 Å². The fourth-order valence-electron chi connectivity index (χ4n) is 1.57. The molecule has 2 heteroatoms. The van der Waals surface area contributed by atoms with Gasteiger partial charge in [-0.05, 0) is 42.5 Å². The van der Waals surface area contributed by atoms with Gasteiger partial charge in [0.15, 0.2) is 6.29 Å². The van der Waals surface area contributed by atoms with Crippen LogP contribution in [-0.4, -0.2) is 6.29 Å². The Kier molecular flexibility index (Phi) is 1.93. The molecule has 1 aromatic carbocycles. The van der Waals surface area contributed by atoms with Gasteiger partial charge in [-0.3, -0.25) is 4.79 Å². The first-order valence-electron chi connectivity index (χ1n) is 4.16. The normalized spacial score (nSPS) is 10.6. The average Bonchev–Trinajstić information content (AvgIpc) is 2.47. The van der Waals surface area contributed by atoms with Crippen molar-refractivity contribution in [3.63, 3.8) is 0 Å². The molecule has 1 heterocycles. The Bertz CT molecular complexity index is 468. The number of fused-ring (bicyclic) bond motifs is 1. The van der Waals surface area contributed by atoms with E-state index in [0.717, 1.165) is 11.2 Å². The van der Waals surface area contributed by atoms with Gasteiger partial charge in [-0.15, -0.1) is 11.3 Å². The largest absolute Gasteiger partial charge is 0.297 e. The van der Waals surface area contributed by atoms with Crippen molar-refractivity contribution >= 4 is 27.7 Å². The number of hydrogen-bond acceptors (Lipinski definition) is 2. The molecule has 0 bridgehead atoms. The molecule has 0 fully saturated rings. The summed E-state index contributed by atoms with van der Waals surface area (Å²) in [5, 5.41) is 1.21. The first-order valence-corrected chi connectivity index (χ1v) is 4.98. The predicted molar refractivity (Wildman–Crippen MR) is 56.7 cm³/mol. The lowest BCUT2D eigenvalue weighted by Gasteiger charge is -1.97. The molecule has 0 amide bonds. The zero-order valence-electron chi connectivity index (χ0n) is 7.63. The van der Waals surface area contributed by atoms with Gasteiger partial charge in [-0.1, -0.05) is 6.07 Å². The van der Waals surface area contributed by atoms with Crippen LogP contribution in [0.5, 0.6) is 0 Å². The Morgan fingerprint density at radius 3 is 2.69 bits per heavy atom. The van der Waals surface area contributed by atoms with E-state index in [9.17, 15) is 4.79 Å². The van der Waals surface area contributed by atoms with E-state index in [-0.39, 0.29) is 0 Å². The molecule has 0 radical (unpaired) electrons. The zero-order valence-corrected chi connectivity index (χ0v) is 8.44. The lowest BCUT2D eigenvalue weighted by atomic mass is 10.1. The topological polar surface area (TPSA) is 17.1 Å². The summed E-state index contributed by atoms with van der Waals surface area (Å²) in [6.45, 7) is 4.16. The molecule has 0 saturated heterocycles. The highest BCUT2D eigenvalue weighted by Gasteiger charge is 2.03. The van der Waals surface area contributed by atoms with E-state index in [1.165, 1.54) is 21.2 Å². The van der Waals surface area contributed by atoms with Crippen molar-refractivity contribution < 1.29 is 4.79 Å². The van der Waals surface area contributed by atoms with E-state index in [2.05, 4.69) is 26.0 Å². The molecule has 1 aromatic heterocycles. The molecule has 0 spiro atoms. The molecule has 0 saturated carbocycles. The van der Waals surface area contributed by atoms with Gasteiger partial charge in [0.2, 0.25) is 0 Å². The number of carbonyl (C=O) groups is 1. The van der Waals surface area contributed by atoms with Gasteiger partial charge in [0, 0.05) is 4.70 Å². The third kappa shape index (κ3) is 1.38. The lowest BCUT2D eigenvalue weighted by molar-refractivity contribution is 0.112. The minimum atomic E-state index is 0.809. The number of rotatable bonds is 1. The summed E-state index contributed by atoms with van der Waals surface area (Å²) in [5.41, 5.74) is 2.50. The third-order valence-corrected chi connectivity index (χ3v) is 3.13. The molecule has 0 aliphatic rings. The fourth-order valence-corrected chi connectivity index (χ4v) is 2.62. The minimum Gasteiger partial charge on any atom is -0.297 e. The standard InChI is InChI=1S/C11H10OS/c1-7-3-8(2)10-5-9(6-12)13-11(10)4-7/h3-6H,1-2H3. The predicted octanol–water partition coefficient (Wildman–Crippen LogP) is 3.33. The first kappa shape index (κ1) is 8.45. The van der Waals surface area contributed by atoms with Gasteiger partial charge in [0.25, 0.3) is 0 Å². The number of aryl methyl sites for hydroxylation is 2. The molecule has 0 unspecified atom stereocenters. The van der Waals surface area contributed by atoms with Crippen molar-refractivity contribution in [1.29, 1.82) is 0 Å². The van der Waals surface area contributed by atoms with E-state index >= 15 is 0 Å². The van der Waals surface area contributed by atoms with Crippen LogP contribution in [0.4, 0.5) is 0 Å². The Morgan fingerprint density at radius 2 is 2.00 bits per heavy atom. The molecule has 2 aromatic rings. The molecular weight excluding hydrogens is 180 g/mol. The summed E-state index contributed by atoms with van der Waals surface area (Å²) in [6, 6.07) is 6.23. The van der Waals surface area contributed by atoms with Crippen LogP contribution in [0, 0.1) is 13.8 Å². The molecule has 66 valence electrons. The second-order valence-electron chi connectivity index (χ2n) is 3.26. The Hall–Kier alpha value is -1.15. The summed E-state index contributed by atoms with van der Waals surface area (Å²) in [7, 11) is 0. The zero-order chi connectivity index (χ0) is 9.42. The van der Waals surface area contributed by atoms with E-state index in [4.69, 9.17) is 0 Å². The maximum absolute atomic E-state index is 10.6. The van der Waals surface area contributed by atoms with Crippen molar-refractivity contribution in [1.82, 2.24) is 0 Å². The van der Waals surface area contributed by atoms with Crippen molar-refractivity contribution in [2.75, 3.05) is 0 Å². The van der Waals surface area contributed by atoms with E-state index < -0.39 is 0 Å². The SMILES string of the molecule is Cc1cc(C)c2cc(C=O)sc2c1. The molecule has 2 rings (SSSR count). The summed E-state index contributed by atoms with van der Waals surface area (Å²) in [4.78, 5) is 11.4. The number of thiophene rings is 1. The number of carbonyl (C=O) groups excluding carboxylic acids is 1. The van der Waals surface area contributed by atoms with Crippen LogP contribution >= 0.6 is 11.3 Å². The maximum atomic E-state index is 10.6. The van der Waals surface area contributed by atoms with Crippen LogP contribution in [-0.2, 0) is 0 Å². The Labute approximate surface area is 81.0 Å². The second-order valence-corrected chi connectivity index (χ2v) is 4.38. The quantitative estimate of drug-likeness (QED) is 0.630. The highest BCUT2D eigenvalue weighted by Crippen LogP contribution is 2.28. The van der Waals surface area contributed by atoms with E-state index in [0.29, 0.717) is 0 Å². The number of benzene rings is 1. The lowest BCUT2D eigenvalue weighted by Crippen LogP contribution is -1.75. The van der Waals surface area contributed by atoms with E-state index in [1.807, 2.05) is 6.07 Å². The molecule has 0 aliphatic carbocycles. The third-order valence-electron chi connectivity index (χ3n) is 2.12. The number of aldehydes is 1. The smallest absolute Gasteiger partial charge is 0.160 e. The van der Waals surface area contributed by atoms with Gasteiger partial charge in [-0.2, -0.15) is 0 Å². The van der Waals surface area contributed by atoms with Crippen molar-refractivity contribution in [3.8, 4) is 0 Å². The Balaban J connectivity index is 2.82. The van der Waals surface area contributed by atoms with Crippen LogP contribution in [0.2, 0.25) is 0 Å². The Morgan fingerprint density at radius 1 is 1.23 bits per heavy atom. The van der Waals surface area contributed by atoms with Gasteiger partial charge in [-0.25, -0.2) is 0 Å². The summed E-state index contributed by atoms with van der Waals surface area (Å²) in [5.74, 6) is 0. The van der Waals surface area contributed by atoms with E-state index in [1.54, 1.807) is 11.3 Å². The van der Waals surface area contributed by atoms with Gasteiger partial charge < -0.3 is 0 Å². The second kappa shape index (κ2) is 2.96. The van der Waals surface area contributed by atoms with Crippen LogP contribution in [0.25, 0.3) is 10.1 Å². The molecule has 13 heavy (non-hydrogen) atoms. The van der Waals surface area contributed by atoms with Crippen molar-refractivity contribution in [2.24, 2.45) is 0 Å². The molecular formula is C11H10OS. The summed E-state index contributed by atoms with van der Waals surface area (Å²) >= 11 is 1.56. The monoisotopic (exact) mass is 190 g/mol. The van der Waals surface area contributed by atoms with Crippen LogP contribution < -0.4 is 0 Å². The van der Waals surface area contributed by atoms with Gasteiger partial charge in [0.1, 0.15) is 0 Å². The van der Waals surface area contributed by atoms with Crippen molar-refractivity contribution in [2.45, 2.75) is 13.8 Å². The summed E-state index contributed by atoms with van der Waals surface area (Å²) in [6.07, 6.45) is 0.916. The molecule has 0 atom stereocenters. The van der Waals surface area contributed by atoms with Gasteiger partial charge >= 0.3 is 0 Å². The highest BCUT2D eigenvalue weighted by molar-refractivity contribution is 7.20. The summed E-state index contributed by atoms with van der Waals surface area (Å²) < 4.78 is 1.21. The number of hydrogen-bond donors (Lipinski definition) is 0. The van der Waals surface area contributed by atoms with Crippen molar-refractivity contribution in [3.05, 3.63) is 34.2 Å². The molecule has 1 nitrogen and oxygen atoms in total. The molecule has 0 N–H and O–H groups in total. The minimum absolute atomic E-state index is 0.809. The van der Waals surface area contributed by atoms with Crippen LogP contribution in [0.3, 0.4) is 0 Å². The maximum Gasteiger partial charge on any atom is 0.160 e. The molecule has 0 aliphatic heterocycles. The van der Waals surface area contributed by atoms with Crippen LogP contribution in [0.1, 0.15) is 20.8 Å². The van der Waals surface area contributed by atoms with Gasteiger partial charge in [0.05, 0.1) is 4.88 Å². The fraction of sp³-hybridized carbons (Fsp3) is 0.182. The first-order chi connectivity index (χ1) is 6.20. The highest BCUT2D eigenvalue weighted by atomic mass is 32.1.